The molecule has 1 amide bonds. The smallest absolute Gasteiger partial charge is 0.253 e. The number of amides is 1. The summed E-state index contributed by atoms with van der Waals surface area (Å²) in [6.07, 6.45) is 11.5. The van der Waals surface area contributed by atoms with Crippen LogP contribution < -0.4 is 5.32 Å². The summed E-state index contributed by atoms with van der Waals surface area (Å²) < 4.78 is 0. The summed E-state index contributed by atoms with van der Waals surface area (Å²) in [4.78, 5) is 15.2. The zero-order chi connectivity index (χ0) is 12.2. The van der Waals surface area contributed by atoms with Gasteiger partial charge in [0, 0.05) is 17.9 Å². The van der Waals surface area contributed by atoms with E-state index < -0.39 is 0 Å². The molecule has 1 aromatic rings. The van der Waals surface area contributed by atoms with Crippen molar-refractivity contribution in [1.29, 1.82) is 0 Å². The Kier molecular flexibility index (Phi) is 2.14. The van der Waals surface area contributed by atoms with Crippen LogP contribution in [0.2, 0.25) is 0 Å². The van der Waals surface area contributed by atoms with Crippen LogP contribution in [-0.4, -0.2) is 16.4 Å². The number of rotatable bonds is 2. The molecule has 0 unspecified atom stereocenters. The maximum atomic E-state index is 12.3. The Morgan fingerprint density at radius 3 is 2.28 bits per heavy atom. The molecule has 4 aliphatic rings. The van der Waals surface area contributed by atoms with Crippen LogP contribution >= 0.6 is 0 Å². The topological polar surface area (TPSA) is 44.9 Å². The number of aromatic nitrogens is 1. The Balaban J connectivity index is 1.56. The first-order valence-corrected chi connectivity index (χ1v) is 7.18. The van der Waals surface area contributed by atoms with Gasteiger partial charge in [0.1, 0.15) is 0 Å². The number of H-pyrrole nitrogens is 1. The van der Waals surface area contributed by atoms with Crippen LogP contribution in [-0.2, 0) is 0 Å². The molecule has 0 saturated heterocycles. The van der Waals surface area contributed by atoms with Crippen molar-refractivity contribution in [3.8, 4) is 0 Å². The van der Waals surface area contributed by atoms with Crippen LogP contribution in [0.3, 0.4) is 0 Å². The third-order valence-corrected chi connectivity index (χ3v) is 5.28. The third-order valence-electron chi connectivity index (χ3n) is 5.28. The van der Waals surface area contributed by atoms with Gasteiger partial charge in [0.15, 0.2) is 0 Å². The molecular weight excluding hydrogens is 224 g/mol. The quantitative estimate of drug-likeness (QED) is 0.825. The lowest BCUT2D eigenvalue weighted by Gasteiger charge is -2.56. The highest BCUT2D eigenvalue weighted by atomic mass is 16.1. The fourth-order valence-corrected chi connectivity index (χ4v) is 5.04. The minimum atomic E-state index is 0.109. The lowest BCUT2D eigenvalue weighted by molar-refractivity contribution is -0.0166. The summed E-state index contributed by atoms with van der Waals surface area (Å²) in [5.41, 5.74) is 0.897. The van der Waals surface area contributed by atoms with Crippen molar-refractivity contribution in [2.75, 3.05) is 0 Å². The monoisotopic (exact) mass is 244 g/mol. The molecule has 4 bridgehead atoms. The Bertz CT molecular complexity index is 428. The van der Waals surface area contributed by atoms with Crippen molar-refractivity contribution >= 4 is 5.91 Å². The standard InChI is InChI=1S/C15H20N2O/c18-14(13-1-2-16-9-13)17-15-6-10-3-11(7-15)5-12(4-10)8-15/h1-2,9-12,16H,3-8H2,(H,17,18). The Labute approximate surface area is 107 Å². The van der Waals surface area contributed by atoms with Gasteiger partial charge in [0.25, 0.3) is 5.91 Å². The Morgan fingerprint density at radius 1 is 1.17 bits per heavy atom. The van der Waals surface area contributed by atoms with E-state index in [-0.39, 0.29) is 11.4 Å². The number of carbonyl (C=O) groups is 1. The number of carbonyl (C=O) groups excluding carboxylic acids is 1. The highest BCUT2D eigenvalue weighted by Gasteiger charge is 2.51. The molecule has 3 heteroatoms. The van der Waals surface area contributed by atoms with E-state index in [1.165, 1.54) is 38.5 Å². The predicted octanol–water partition coefficient (Wildman–Crippen LogP) is 2.71. The van der Waals surface area contributed by atoms with E-state index in [0.29, 0.717) is 0 Å². The van der Waals surface area contributed by atoms with Gasteiger partial charge >= 0.3 is 0 Å². The summed E-state index contributed by atoms with van der Waals surface area (Å²) in [5, 5.41) is 3.37. The van der Waals surface area contributed by atoms with Gasteiger partial charge in [-0.25, -0.2) is 0 Å². The molecule has 4 saturated carbocycles. The summed E-state index contributed by atoms with van der Waals surface area (Å²) in [6, 6.07) is 1.86. The van der Waals surface area contributed by atoms with Crippen molar-refractivity contribution in [2.45, 2.75) is 44.1 Å². The first-order chi connectivity index (χ1) is 8.72. The van der Waals surface area contributed by atoms with Crippen LogP contribution in [0.4, 0.5) is 0 Å². The molecule has 96 valence electrons. The van der Waals surface area contributed by atoms with Gasteiger partial charge in [-0.3, -0.25) is 4.79 Å². The normalized spacial score (nSPS) is 41.0. The van der Waals surface area contributed by atoms with Crippen LogP contribution in [0.5, 0.6) is 0 Å². The highest BCUT2D eigenvalue weighted by molar-refractivity contribution is 5.94. The van der Waals surface area contributed by atoms with Crippen molar-refractivity contribution in [2.24, 2.45) is 17.8 Å². The molecule has 4 fully saturated rings. The second-order valence-electron chi connectivity index (χ2n) is 6.75. The first kappa shape index (κ1) is 10.7. The fourth-order valence-electron chi connectivity index (χ4n) is 5.04. The lowest BCUT2D eigenvalue weighted by atomic mass is 9.53. The number of hydrogen-bond donors (Lipinski definition) is 2. The van der Waals surface area contributed by atoms with Gasteiger partial charge in [-0.1, -0.05) is 0 Å². The number of aromatic amines is 1. The van der Waals surface area contributed by atoms with E-state index in [2.05, 4.69) is 10.3 Å². The maximum absolute atomic E-state index is 12.3. The summed E-state index contributed by atoms with van der Waals surface area (Å²) in [7, 11) is 0. The SMILES string of the molecule is O=C(NC12CC3CC(CC(C3)C1)C2)c1cc[nH]c1. The van der Waals surface area contributed by atoms with Gasteiger partial charge in [-0.05, 0) is 62.3 Å². The Morgan fingerprint density at radius 2 is 1.78 bits per heavy atom. The predicted molar refractivity (Wildman–Crippen MR) is 69.2 cm³/mol. The maximum Gasteiger partial charge on any atom is 0.253 e. The van der Waals surface area contributed by atoms with Crippen LogP contribution in [0.15, 0.2) is 18.5 Å². The van der Waals surface area contributed by atoms with E-state index in [1.54, 1.807) is 6.20 Å². The van der Waals surface area contributed by atoms with E-state index in [1.807, 2.05) is 12.3 Å². The van der Waals surface area contributed by atoms with Crippen molar-refractivity contribution in [3.63, 3.8) is 0 Å². The zero-order valence-electron chi connectivity index (χ0n) is 10.6. The van der Waals surface area contributed by atoms with Crippen molar-refractivity contribution in [3.05, 3.63) is 24.0 Å². The molecule has 2 N–H and O–H groups in total. The number of nitrogens with one attached hydrogen (secondary N) is 2. The highest BCUT2D eigenvalue weighted by Crippen LogP contribution is 2.55. The summed E-state index contributed by atoms with van der Waals surface area (Å²) in [5.74, 6) is 2.74. The molecule has 4 aliphatic carbocycles. The molecular formula is C15H20N2O. The third kappa shape index (κ3) is 1.60. The molecule has 0 spiro atoms. The van der Waals surface area contributed by atoms with E-state index in [9.17, 15) is 4.79 Å². The minimum Gasteiger partial charge on any atom is -0.367 e. The largest absolute Gasteiger partial charge is 0.367 e. The Hall–Kier alpha value is -1.25. The molecule has 18 heavy (non-hydrogen) atoms. The van der Waals surface area contributed by atoms with Crippen LogP contribution in [0.1, 0.15) is 48.9 Å². The van der Waals surface area contributed by atoms with Crippen LogP contribution in [0, 0.1) is 17.8 Å². The molecule has 3 nitrogen and oxygen atoms in total. The average Bonchev–Trinajstić information content (AvgIpc) is 2.79. The zero-order valence-corrected chi connectivity index (χ0v) is 10.6. The van der Waals surface area contributed by atoms with Crippen molar-refractivity contribution < 1.29 is 4.79 Å². The second-order valence-corrected chi connectivity index (χ2v) is 6.75. The van der Waals surface area contributed by atoms with Gasteiger partial charge in [0.05, 0.1) is 5.56 Å². The molecule has 0 radical (unpaired) electrons. The van der Waals surface area contributed by atoms with Gasteiger partial charge < -0.3 is 10.3 Å². The molecule has 5 rings (SSSR count). The molecule has 1 aromatic heterocycles. The fraction of sp³-hybridized carbons (Fsp3) is 0.667. The summed E-state index contributed by atoms with van der Waals surface area (Å²) in [6.45, 7) is 0. The summed E-state index contributed by atoms with van der Waals surface area (Å²) >= 11 is 0. The molecule has 1 heterocycles. The van der Waals surface area contributed by atoms with E-state index in [4.69, 9.17) is 0 Å². The molecule has 0 aromatic carbocycles. The van der Waals surface area contributed by atoms with Crippen LogP contribution in [0.25, 0.3) is 0 Å². The lowest BCUT2D eigenvalue weighted by Crippen LogP contribution is -2.59. The second kappa shape index (κ2) is 3.62. The van der Waals surface area contributed by atoms with E-state index in [0.717, 1.165) is 23.3 Å². The van der Waals surface area contributed by atoms with Crippen molar-refractivity contribution in [1.82, 2.24) is 10.3 Å². The average molecular weight is 244 g/mol. The van der Waals surface area contributed by atoms with E-state index >= 15 is 0 Å². The number of hydrogen-bond acceptors (Lipinski definition) is 1. The van der Waals surface area contributed by atoms with Gasteiger partial charge in [-0.15, -0.1) is 0 Å². The first-order valence-electron chi connectivity index (χ1n) is 7.18. The van der Waals surface area contributed by atoms with Gasteiger partial charge in [-0.2, -0.15) is 0 Å². The molecule has 0 aliphatic heterocycles. The van der Waals surface area contributed by atoms with Gasteiger partial charge in [0.2, 0.25) is 0 Å². The molecule has 0 atom stereocenters. The minimum absolute atomic E-state index is 0.109.